The zero-order chi connectivity index (χ0) is 9.26. The molecule has 1 aliphatic rings. The van der Waals surface area contributed by atoms with Crippen LogP contribution in [0.25, 0.3) is 0 Å². The highest BCUT2D eigenvalue weighted by atomic mass is 19.1. The van der Waals surface area contributed by atoms with Crippen molar-refractivity contribution in [3.63, 3.8) is 0 Å². The van der Waals surface area contributed by atoms with Gasteiger partial charge < -0.3 is 5.32 Å². The first-order valence-corrected chi connectivity index (χ1v) is 4.60. The average Bonchev–Trinajstić information content (AvgIpc) is 2.17. The lowest BCUT2D eigenvalue weighted by Crippen LogP contribution is -2.35. The van der Waals surface area contributed by atoms with E-state index in [1.54, 1.807) is 13.1 Å². The quantitative estimate of drug-likeness (QED) is 0.710. The number of nitrogens with one attached hydrogen (secondary N) is 1. The maximum absolute atomic E-state index is 13.2. The maximum Gasteiger partial charge on any atom is 0.117 e. The van der Waals surface area contributed by atoms with Gasteiger partial charge in [0.05, 0.1) is 6.04 Å². The Balaban J connectivity index is 2.37. The molecule has 0 spiro atoms. The van der Waals surface area contributed by atoms with Crippen LogP contribution in [0.4, 0.5) is 4.39 Å². The molecule has 0 aliphatic carbocycles. The molecule has 1 N–H and O–H groups in total. The minimum atomic E-state index is -0.858. The van der Waals surface area contributed by atoms with Gasteiger partial charge in [-0.2, -0.15) is 0 Å². The molecule has 0 fully saturated rings. The first kappa shape index (κ1) is 8.63. The topological polar surface area (TPSA) is 24.9 Å². The smallest absolute Gasteiger partial charge is 0.117 e. The van der Waals surface area contributed by atoms with Crippen LogP contribution in [0.15, 0.2) is 18.3 Å². The minimum Gasteiger partial charge on any atom is -0.307 e. The van der Waals surface area contributed by atoms with Crippen molar-refractivity contribution in [2.24, 2.45) is 0 Å². The van der Waals surface area contributed by atoms with Crippen LogP contribution >= 0.6 is 0 Å². The van der Waals surface area contributed by atoms with Gasteiger partial charge >= 0.3 is 0 Å². The summed E-state index contributed by atoms with van der Waals surface area (Å²) in [4.78, 5) is 4.25. The van der Waals surface area contributed by atoms with Crippen molar-refractivity contribution < 1.29 is 4.39 Å². The second kappa shape index (κ2) is 3.42. The van der Waals surface area contributed by atoms with E-state index in [9.17, 15) is 4.39 Å². The van der Waals surface area contributed by atoms with Gasteiger partial charge in [-0.15, -0.1) is 0 Å². The number of hydrogen-bond donors (Lipinski definition) is 1. The van der Waals surface area contributed by atoms with Gasteiger partial charge in [0.15, 0.2) is 0 Å². The molecule has 0 amide bonds. The van der Waals surface area contributed by atoms with Crippen LogP contribution in [0, 0.1) is 0 Å². The summed E-state index contributed by atoms with van der Waals surface area (Å²) in [5.74, 6) is 0. The van der Waals surface area contributed by atoms with Crippen LogP contribution in [-0.2, 0) is 6.42 Å². The molecule has 2 unspecified atom stereocenters. The van der Waals surface area contributed by atoms with Crippen LogP contribution < -0.4 is 5.32 Å². The molecule has 1 aromatic rings. The number of pyridine rings is 1. The highest BCUT2D eigenvalue weighted by Crippen LogP contribution is 2.24. The summed E-state index contributed by atoms with van der Waals surface area (Å²) in [6, 6.07) is 3.65. The SMILES string of the molecule is CC(F)C1NCCc2ncccc21. The Morgan fingerprint density at radius 2 is 2.54 bits per heavy atom. The lowest BCUT2D eigenvalue weighted by molar-refractivity contribution is 0.264. The Morgan fingerprint density at radius 3 is 3.31 bits per heavy atom. The van der Waals surface area contributed by atoms with E-state index in [1.807, 2.05) is 12.1 Å². The van der Waals surface area contributed by atoms with Crippen LogP contribution in [0.3, 0.4) is 0 Å². The number of alkyl halides is 1. The second-order valence-electron chi connectivity index (χ2n) is 3.40. The largest absolute Gasteiger partial charge is 0.307 e. The first-order chi connectivity index (χ1) is 6.29. The number of hydrogen-bond acceptors (Lipinski definition) is 2. The zero-order valence-corrected chi connectivity index (χ0v) is 7.63. The van der Waals surface area contributed by atoms with E-state index >= 15 is 0 Å². The van der Waals surface area contributed by atoms with Gasteiger partial charge in [0.1, 0.15) is 6.17 Å². The normalized spacial score (nSPS) is 23.7. The van der Waals surface area contributed by atoms with Gasteiger partial charge in [-0.1, -0.05) is 6.07 Å². The highest BCUT2D eigenvalue weighted by Gasteiger charge is 2.24. The van der Waals surface area contributed by atoms with Crippen molar-refractivity contribution in [2.45, 2.75) is 25.6 Å². The average molecular weight is 180 g/mol. The number of aromatic nitrogens is 1. The van der Waals surface area contributed by atoms with Crippen molar-refractivity contribution in [3.8, 4) is 0 Å². The Morgan fingerprint density at radius 1 is 1.69 bits per heavy atom. The summed E-state index contributed by atoms with van der Waals surface area (Å²) in [7, 11) is 0. The molecule has 1 aromatic heterocycles. The predicted octanol–water partition coefficient (Wildman–Crippen LogP) is 1.63. The van der Waals surface area contributed by atoms with Gasteiger partial charge in [-0.05, 0) is 18.6 Å². The molecule has 2 heterocycles. The van der Waals surface area contributed by atoms with Crippen molar-refractivity contribution in [1.29, 1.82) is 0 Å². The van der Waals surface area contributed by atoms with Crippen LogP contribution in [0.5, 0.6) is 0 Å². The van der Waals surface area contributed by atoms with Gasteiger partial charge in [0, 0.05) is 24.9 Å². The molecule has 0 radical (unpaired) electrons. The van der Waals surface area contributed by atoms with Crippen molar-refractivity contribution in [3.05, 3.63) is 29.6 Å². The van der Waals surface area contributed by atoms with Gasteiger partial charge in [0.25, 0.3) is 0 Å². The third-order valence-electron chi connectivity index (χ3n) is 2.45. The number of fused-ring (bicyclic) bond motifs is 1. The third kappa shape index (κ3) is 1.56. The Hall–Kier alpha value is -0.960. The standard InChI is InChI=1S/C10H13FN2/c1-7(11)10-8-3-2-5-12-9(8)4-6-13-10/h2-3,5,7,10,13H,4,6H2,1H3. The molecule has 0 bridgehead atoms. The van der Waals surface area contributed by atoms with Gasteiger partial charge in [-0.25, -0.2) is 4.39 Å². The third-order valence-corrected chi connectivity index (χ3v) is 2.45. The summed E-state index contributed by atoms with van der Waals surface area (Å²) >= 11 is 0. The number of nitrogens with zero attached hydrogens (tertiary/aromatic N) is 1. The fourth-order valence-electron chi connectivity index (χ4n) is 1.81. The van der Waals surface area contributed by atoms with E-state index in [-0.39, 0.29) is 6.04 Å². The Kier molecular flexibility index (Phi) is 2.27. The van der Waals surface area contributed by atoms with Gasteiger partial charge in [0.2, 0.25) is 0 Å². The fraction of sp³-hybridized carbons (Fsp3) is 0.500. The molecule has 0 saturated heterocycles. The maximum atomic E-state index is 13.2. The van der Waals surface area contributed by atoms with E-state index < -0.39 is 6.17 Å². The fourth-order valence-corrected chi connectivity index (χ4v) is 1.81. The van der Waals surface area contributed by atoms with E-state index in [2.05, 4.69) is 10.3 Å². The summed E-state index contributed by atoms with van der Waals surface area (Å²) in [5, 5.41) is 3.16. The lowest BCUT2D eigenvalue weighted by Gasteiger charge is -2.26. The second-order valence-corrected chi connectivity index (χ2v) is 3.40. The molecule has 2 rings (SSSR count). The lowest BCUT2D eigenvalue weighted by atomic mass is 9.96. The molecule has 70 valence electrons. The zero-order valence-electron chi connectivity index (χ0n) is 7.63. The molecule has 3 heteroatoms. The Labute approximate surface area is 77.2 Å². The molecule has 2 atom stereocenters. The predicted molar refractivity (Wildman–Crippen MR) is 49.3 cm³/mol. The summed E-state index contributed by atoms with van der Waals surface area (Å²) in [6.07, 6.45) is 1.81. The minimum absolute atomic E-state index is 0.169. The molecule has 2 nitrogen and oxygen atoms in total. The van der Waals surface area contributed by atoms with Crippen molar-refractivity contribution >= 4 is 0 Å². The summed E-state index contributed by atoms with van der Waals surface area (Å²) < 4.78 is 13.2. The number of halogens is 1. The van der Waals surface area contributed by atoms with Gasteiger partial charge in [-0.3, -0.25) is 4.98 Å². The molecular weight excluding hydrogens is 167 g/mol. The van der Waals surface area contributed by atoms with Crippen LogP contribution in [0.2, 0.25) is 0 Å². The summed E-state index contributed by atoms with van der Waals surface area (Å²) in [5.41, 5.74) is 2.06. The molecule has 13 heavy (non-hydrogen) atoms. The molecular formula is C10H13FN2. The van der Waals surface area contributed by atoms with Crippen LogP contribution in [0.1, 0.15) is 24.2 Å². The van der Waals surface area contributed by atoms with Crippen molar-refractivity contribution in [1.82, 2.24) is 10.3 Å². The van der Waals surface area contributed by atoms with E-state index in [0.29, 0.717) is 0 Å². The highest BCUT2D eigenvalue weighted by molar-refractivity contribution is 5.27. The molecule has 0 saturated carbocycles. The Bertz CT molecular complexity index is 299. The van der Waals surface area contributed by atoms with E-state index in [0.717, 1.165) is 24.2 Å². The monoisotopic (exact) mass is 180 g/mol. The first-order valence-electron chi connectivity index (χ1n) is 4.60. The van der Waals surface area contributed by atoms with Crippen LogP contribution in [-0.4, -0.2) is 17.7 Å². The van der Waals surface area contributed by atoms with E-state index in [4.69, 9.17) is 0 Å². The molecule has 0 aromatic carbocycles. The number of rotatable bonds is 1. The van der Waals surface area contributed by atoms with Crippen molar-refractivity contribution in [2.75, 3.05) is 6.54 Å². The summed E-state index contributed by atoms with van der Waals surface area (Å²) in [6.45, 7) is 2.41. The molecule has 1 aliphatic heterocycles. The van der Waals surface area contributed by atoms with E-state index in [1.165, 1.54) is 0 Å².